The zero-order valence-corrected chi connectivity index (χ0v) is 12.5. The summed E-state index contributed by atoms with van der Waals surface area (Å²) in [5.74, 6) is 0.621. The third kappa shape index (κ3) is 4.43. The minimum Gasteiger partial charge on any atom is -0.459 e. The number of esters is 1. The van der Waals surface area contributed by atoms with Crippen LogP contribution in [0.25, 0.3) is 11.3 Å². The van der Waals surface area contributed by atoms with Crippen LogP contribution in [0.5, 0.6) is 0 Å². The van der Waals surface area contributed by atoms with Gasteiger partial charge in [-0.1, -0.05) is 30.3 Å². The summed E-state index contributed by atoms with van der Waals surface area (Å²) in [6.07, 6.45) is 1.84. The van der Waals surface area contributed by atoms with Crippen molar-refractivity contribution in [2.24, 2.45) is 5.73 Å². The Kier molecular flexibility index (Phi) is 4.43. The Morgan fingerprint density at radius 2 is 2.00 bits per heavy atom. The van der Waals surface area contributed by atoms with Crippen molar-refractivity contribution in [3.63, 3.8) is 0 Å². The minimum absolute atomic E-state index is 0.210. The highest BCUT2D eigenvalue weighted by Gasteiger charge is 2.23. The molecule has 5 nitrogen and oxygen atoms in total. The largest absolute Gasteiger partial charge is 0.459 e. The van der Waals surface area contributed by atoms with Crippen LogP contribution in [0.4, 0.5) is 0 Å². The van der Waals surface area contributed by atoms with E-state index in [0.29, 0.717) is 11.7 Å². The predicted octanol–water partition coefficient (Wildman–Crippen LogP) is 2.55. The van der Waals surface area contributed by atoms with E-state index in [9.17, 15) is 4.79 Å². The van der Waals surface area contributed by atoms with Gasteiger partial charge in [0.2, 0.25) is 0 Å². The van der Waals surface area contributed by atoms with Crippen LogP contribution in [-0.2, 0) is 16.0 Å². The van der Waals surface area contributed by atoms with Gasteiger partial charge in [-0.05, 0) is 20.8 Å². The molecule has 0 unspecified atom stereocenters. The molecule has 21 heavy (non-hydrogen) atoms. The topological polar surface area (TPSA) is 78.4 Å². The van der Waals surface area contributed by atoms with E-state index in [2.05, 4.69) is 4.98 Å². The molecule has 1 aromatic heterocycles. The van der Waals surface area contributed by atoms with Gasteiger partial charge in [-0.25, -0.2) is 4.98 Å². The number of carbonyl (C=O) groups excluding carboxylic acids is 1. The summed E-state index contributed by atoms with van der Waals surface area (Å²) in [4.78, 5) is 16.0. The van der Waals surface area contributed by atoms with Gasteiger partial charge in [-0.2, -0.15) is 0 Å². The first-order chi connectivity index (χ1) is 9.85. The normalized spacial score (nSPS) is 13.0. The summed E-state index contributed by atoms with van der Waals surface area (Å²) < 4.78 is 10.9. The lowest BCUT2D eigenvalue weighted by Gasteiger charge is -2.21. The Bertz CT molecular complexity index is 599. The highest BCUT2D eigenvalue weighted by atomic mass is 16.6. The van der Waals surface area contributed by atoms with Crippen LogP contribution >= 0.6 is 0 Å². The Morgan fingerprint density at radius 1 is 1.33 bits per heavy atom. The highest BCUT2D eigenvalue weighted by Crippen LogP contribution is 2.20. The first-order valence-electron chi connectivity index (χ1n) is 6.84. The molecule has 2 rings (SSSR count). The van der Waals surface area contributed by atoms with Crippen LogP contribution in [0.15, 0.2) is 40.9 Å². The van der Waals surface area contributed by atoms with Crippen LogP contribution in [0.1, 0.15) is 26.7 Å². The molecule has 0 spiro atoms. The maximum atomic E-state index is 11.8. The lowest BCUT2D eigenvalue weighted by molar-refractivity contribution is -0.156. The van der Waals surface area contributed by atoms with E-state index in [1.807, 2.05) is 30.3 Å². The Morgan fingerprint density at radius 3 is 2.62 bits per heavy atom. The first kappa shape index (κ1) is 15.3. The molecule has 0 aliphatic carbocycles. The molecule has 0 amide bonds. The first-order valence-corrected chi connectivity index (χ1v) is 6.84. The second-order valence-electron chi connectivity index (χ2n) is 5.83. The van der Waals surface area contributed by atoms with Crippen molar-refractivity contribution in [2.45, 2.75) is 38.8 Å². The van der Waals surface area contributed by atoms with Gasteiger partial charge in [0, 0.05) is 5.56 Å². The van der Waals surface area contributed by atoms with Crippen molar-refractivity contribution < 1.29 is 13.9 Å². The summed E-state index contributed by atoms with van der Waals surface area (Å²) >= 11 is 0. The molecule has 5 heteroatoms. The molecule has 0 saturated carbocycles. The Hall–Kier alpha value is -2.14. The van der Waals surface area contributed by atoms with Crippen LogP contribution < -0.4 is 5.73 Å². The summed E-state index contributed by atoms with van der Waals surface area (Å²) in [6, 6.07) is 8.84. The maximum absolute atomic E-state index is 11.8. The fourth-order valence-electron chi connectivity index (χ4n) is 1.79. The number of aromatic nitrogens is 1. The predicted molar refractivity (Wildman–Crippen MR) is 79.5 cm³/mol. The Balaban J connectivity index is 2.01. The van der Waals surface area contributed by atoms with E-state index in [1.165, 1.54) is 0 Å². The van der Waals surface area contributed by atoms with Crippen molar-refractivity contribution in [1.29, 1.82) is 0 Å². The third-order valence-electron chi connectivity index (χ3n) is 2.72. The van der Waals surface area contributed by atoms with Crippen molar-refractivity contribution >= 4 is 5.97 Å². The van der Waals surface area contributed by atoms with Crippen LogP contribution in [-0.4, -0.2) is 22.6 Å². The molecule has 0 bridgehead atoms. The highest BCUT2D eigenvalue weighted by molar-refractivity contribution is 5.76. The smallest absolute Gasteiger partial charge is 0.323 e. The molecular formula is C16H20N2O3. The van der Waals surface area contributed by atoms with Crippen molar-refractivity contribution in [3.8, 4) is 11.3 Å². The molecule has 1 heterocycles. The van der Waals surface area contributed by atoms with Gasteiger partial charge in [-0.3, -0.25) is 4.79 Å². The van der Waals surface area contributed by atoms with Crippen molar-refractivity contribution in [2.75, 3.05) is 0 Å². The van der Waals surface area contributed by atoms with E-state index in [0.717, 1.165) is 5.56 Å². The van der Waals surface area contributed by atoms with Gasteiger partial charge < -0.3 is 14.9 Å². The van der Waals surface area contributed by atoms with Gasteiger partial charge in [0.05, 0.1) is 12.6 Å². The number of rotatable bonds is 4. The van der Waals surface area contributed by atoms with Gasteiger partial charge in [-0.15, -0.1) is 0 Å². The van der Waals surface area contributed by atoms with Gasteiger partial charge in [0.25, 0.3) is 0 Å². The number of oxazole rings is 1. The monoisotopic (exact) mass is 288 g/mol. The van der Waals surface area contributed by atoms with Crippen molar-refractivity contribution in [1.82, 2.24) is 4.98 Å². The van der Waals surface area contributed by atoms with Gasteiger partial charge in [0.15, 0.2) is 11.7 Å². The lowest BCUT2D eigenvalue weighted by atomic mass is 10.1. The van der Waals surface area contributed by atoms with Crippen LogP contribution in [0, 0.1) is 0 Å². The molecule has 2 N–H and O–H groups in total. The summed E-state index contributed by atoms with van der Waals surface area (Å²) in [5, 5.41) is 0. The Labute approximate surface area is 124 Å². The molecule has 0 aliphatic heterocycles. The summed E-state index contributed by atoms with van der Waals surface area (Å²) in [5.41, 5.74) is 6.21. The standard InChI is InChI=1S/C16H20N2O3/c1-16(2,3)21-15(19)12(17)9-14-18-10-13(20-14)11-7-5-4-6-8-11/h4-8,10,12H,9,17H2,1-3H3/t12-/m0/s1. The fraction of sp³-hybridized carbons (Fsp3) is 0.375. The minimum atomic E-state index is -0.786. The van der Waals surface area contributed by atoms with E-state index in [1.54, 1.807) is 27.0 Å². The van der Waals surface area contributed by atoms with E-state index < -0.39 is 17.6 Å². The molecule has 1 aromatic carbocycles. The molecule has 112 valence electrons. The third-order valence-corrected chi connectivity index (χ3v) is 2.72. The average Bonchev–Trinajstić information content (AvgIpc) is 2.86. The number of ether oxygens (including phenoxy) is 1. The number of nitrogens with two attached hydrogens (primary N) is 1. The fourth-order valence-corrected chi connectivity index (χ4v) is 1.79. The zero-order valence-electron chi connectivity index (χ0n) is 12.5. The number of hydrogen-bond donors (Lipinski definition) is 1. The summed E-state index contributed by atoms with van der Waals surface area (Å²) in [7, 11) is 0. The molecule has 0 saturated heterocycles. The van der Waals surface area contributed by atoms with Crippen LogP contribution in [0.2, 0.25) is 0 Å². The van der Waals surface area contributed by atoms with Crippen LogP contribution in [0.3, 0.4) is 0 Å². The van der Waals surface area contributed by atoms with E-state index in [-0.39, 0.29) is 6.42 Å². The number of hydrogen-bond acceptors (Lipinski definition) is 5. The lowest BCUT2D eigenvalue weighted by Crippen LogP contribution is -2.38. The average molecular weight is 288 g/mol. The molecule has 0 aliphatic rings. The SMILES string of the molecule is CC(C)(C)OC(=O)[C@@H](N)Cc1ncc(-c2ccccc2)o1. The molecule has 0 radical (unpaired) electrons. The maximum Gasteiger partial charge on any atom is 0.323 e. The van der Waals surface area contributed by atoms with E-state index in [4.69, 9.17) is 14.9 Å². The molecule has 2 aromatic rings. The molecule has 1 atom stereocenters. The number of nitrogens with zero attached hydrogens (tertiary/aromatic N) is 1. The molecular weight excluding hydrogens is 268 g/mol. The van der Waals surface area contributed by atoms with Gasteiger partial charge in [0.1, 0.15) is 11.6 Å². The summed E-state index contributed by atoms with van der Waals surface area (Å²) in [6.45, 7) is 5.41. The number of carbonyl (C=O) groups is 1. The number of benzene rings is 1. The zero-order chi connectivity index (χ0) is 15.5. The molecule has 0 fully saturated rings. The van der Waals surface area contributed by atoms with Gasteiger partial charge >= 0.3 is 5.97 Å². The second kappa shape index (κ2) is 6.10. The van der Waals surface area contributed by atoms with E-state index >= 15 is 0 Å². The quantitative estimate of drug-likeness (QED) is 0.875. The second-order valence-corrected chi connectivity index (χ2v) is 5.83. The van der Waals surface area contributed by atoms with Crippen molar-refractivity contribution in [3.05, 3.63) is 42.4 Å².